The first-order valence-corrected chi connectivity index (χ1v) is 6.22. The normalized spacial score (nSPS) is 11.4. The number of anilines is 1. The molecule has 0 fully saturated rings. The van der Waals surface area contributed by atoms with E-state index in [9.17, 15) is 17.6 Å². The summed E-state index contributed by atoms with van der Waals surface area (Å²) in [4.78, 5) is 7.40. The molecular weight excluding hydrogens is 342 g/mol. The van der Waals surface area contributed by atoms with Gasteiger partial charge >= 0.3 is 6.18 Å². The predicted octanol–water partition coefficient (Wildman–Crippen LogP) is 4.01. The Bertz CT molecular complexity index is 616. The molecule has 0 saturated heterocycles. The molecular formula is C12H8BrF4N3. The first kappa shape index (κ1) is 14.7. The molecule has 0 aliphatic carbocycles. The lowest BCUT2D eigenvalue weighted by Gasteiger charge is -2.13. The van der Waals surface area contributed by atoms with Crippen LogP contribution in [0.3, 0.4) is 0 Å². The van der Waals surface area contributed by atoms with E-state index in [4.69, 9.17) is 0 Å². The second-order valence-corrected chi connectivity index (χ2v) is 4.78. The number of rotatable bonds is 3. The van der Waals surface area contributed by atoms with E-state index in [1.54, 1.807) is 0 Å². The van der Waals surface area contributed by atoms with E-state index in [-0.39, 0.29) is 17.9 Å². The maximum Gasteiger partial charge on any atom is 0.416 e. The summed E-state index contributed by atoms with van der Waals surface area (Å²) in [6, 6.07) is 2.05. The molecule has 8 heteroatoms. The van der Waals surface area contributed by atoms with E-state index in [0.717, 1.165) is 18.5 Å². The van der Waals surface area contributed by atoms with Gasteiger partial charge in [-0.05, 0) is 28.1 Å². The van der Waals surface area contributed by atoms with Crippen LogP contribution < -0.4 is 5.32 Å². The highest BCUT2D eigenvalue weighted by molar-refractivity contribution is 9.10. The standard InChI is InChI=1S/C12H8BrF4N3/c13-8-3-10(14)11(20-6-8)19-5-7-4-18-2-1-9(7)12(15,16)17/h1-4,6H,5H2,(H,19,20). The third-order valence-corrected chi connectivity index (χ3v) is 2.90. The summed E-state index contributed by atoms with van der Waals surface area (Å²) in [6.45, 7) is -0.228. The molecule has 0 radical (unpaired) electrons. The molecule has 0 aliphatic rings. The van der Waals surface area contributed by atoms with Crippen LogP contribution >= 0.6 is 15.9 Å². The first-order chi connectivity index (χ1) is 9.38. The van der Waals surface area contributed by atoms with E-state index in [2.05, 4.69) is 31.2 Å². The van der Waals surface area contributed by atoms with Crippen molar-refractivity contribution in [2.75, 3.05) is 5.32 Å². The minimum absolute atomic E-state index is 0.0795. The average Bonchev–Trinajstić information content (AvgIpc) is 2.37. The summed E-state index contributed by atoms with van der Waals surface area (Å²) in [5, 5.41) is 2.52. The number of hydrogen-bond donors (Lipinski definition) is 1. The van der Waals surface area contributed by atoms with Gasteiger partial charge in [0.05, 0.1) is 5.56 Å². The lowest BCUT2D eigenvalue weighted by Crippen LogP contribution is -2.13. The highest BCUT2D eigenvalue weighted by atomic mass is 79.9. The van der Waals surface area contributed by atoms with Gasteiger partial charge < -0.3 is 5.32 Å². The molecule has 106 valence electrons. The zero-order chi connectivity index (χ0) is 14.8. The fourth-order valence-corrected chi connectivity index (χ4v) is 1.87. The molecule has 0 bridgehead atoms. The van der Waals surface area contributed by atoms with Gasteiger partial charge in [0.2, 0.25) is 0 Å². The van der Waals surface area contributed by atoms with Gasteiger partial charge in [0, 0.05) is 35.2 Å². The Labute approximate surface area is 120 Å². The quantitative estimate of drug-likeness (QED) is 0.850. The zero-order valence-corrected chi connectivity index (χ0v) is 11.5. The molecule has 1 N–H and O–H groups in total. The molecule has 2 aromatic rings. The van der Waals surface area contributed by atoms with Gasteiger partial charge in [-0.1, -0.05) is 0 Å². The first-order valence-electron chi connectivity index (χ1n) is 5.43. The number of aromatic nitrogens is 2. The molecule has 2 heterocycles. The molecule has 3 nitrogen and oxygen atoms in total. The van der Waals surface area contributed by atoms with Gasteiger partial charge in [-0.15, -0.1) is 0 Å². The molecule has 2 rings (SSSR count). The lowest BCUT2D eigenvalue weighted by atomic mass is 10.1. The van der Waals surface area contributed by atoms with Crippen LogP contribution in [-0.4, -0.2) is 9.97 Å². The van der Waals surface area contributed by atoms with E-state index in [1.807, 2.05) is 0 Å². The van der Waals surface area contributed by atoms with Crippen LogP contribution in [0.2, 0.25) is 0 Å². The van der Waals surface area contributed by atoms with E-state index in [1.165, 1.54) is 12.3 Å². The molecule has 0 saturated carbocycles. The van der Waals surface area contributed by atoms with Crippen molar-refractivity contribution in [3.63, 3.8) is 0 Å². The van der Waals surface area contributed by atoms with Crippen LogP contribution in [0.4, 0.5) is 23.4 Å². The second kappa shape index (κ2) is 5.74. The maximum absolute atomic E-state index is 13.5. The Hall–Kier alpha value is -1.70. The van der Waals surface area contributed by atoms with Crippen molar-refractivity contribution in [2.45, 2.75) is 12.7 Å². The van der Waals surface area contributed by atoms with Gasteiger partial charge in [-0.3, -0.25) is 4.98 Å². The topological polar surface area (TPSA) is 37.8 Å². The highest BCUT2D eigenvalue weighted by Crippen LogP contribution is 2.31. The van der Waals surface area contributed by atoms with Crippen molar-refractivity contribution >= 4 is 21.7 Å². The maximum atomic E-state index is 13.5. The van der Waals surface area contributed by atoms with Crippen molar-refractivity contribution in [1.82, 2.24) is 9.97 Å². The van der Waals surface area contributed by atoms with E-state index >= 15 is 0 Å². The van der Waals surface area contributed by atoms with Gasteiger partial charge in [0.25, 0.3) is 0 Å². The monoisotopic (exact) mass is 349 g/mol. The van der Waals surface area contributed by atoms with Gasteiger partial charge in [0.15, 0.2) is 11.6 Å². The minimum atomic E-state index is -4.48. The highest BCUT2D eigenvalue weighted by Gasteiger charge is 2.33. The number of halogens is 5. The van der Waals surface area contributed by atoms with Gasteiger partial charge in [-0.2, -0.15) is 13.2 Å². The Balaban J connectivity index is 2.19. The number of alkyl halides is 3. The second-order valence-electron chi connectivity index (χ2n) is 3.87. The van der Waals surface area contributed by atoms with Crippen LogP contribution in [0.1, 0.15) is 11.1 Å². The van der Waals surface area contributed by atoms with E-state index in [0.29, 0.717) is 4.47 Å². The molecule has 0 aliphatic heterocycles. The molecule has 0 atom stereocenters. The van der Waals surface area contributed by atoms with Crippen molar-refractivity contribution in [3.8, 4) is 0 Å². The van der Waals surface area contributed by atoms with E-state index < -0.39 is 17.6 Å². The lowest BCUT2D eigenvalue weighted by molar-refractivity contribution is -0.138. The number of nitrogens with zero attached hydrogens (tertiary/aromatic N) is 2. The number of nitrogens with one attached hydrogen (secondary N) is 1. The Morgan fingerprint density at radius 2 is 2.00 bits per heavy atom. The molecule has 20 heavy (non-hydrogen) atoms. The van der Waals surface area contributed by atoms with Crippen LogP contribution in [0.25, 0.3) is 0 Å². The van der Waals surface area contributed by atoms with Crippen LogP contribution in [0.5, 0.6) is 0 Å². The van der Waals surface area contributed by atoms with Gasteiger partial charge in [0.1, 0.15) is 0 Å². The molecule has 2 aromatic heterocycles. The Morgan fingerprint density at radius 1 is 1.25 bits per heavy atom. The third-order valence-electron chi connectivity index (χ3n) is 2.46. The SMILES string of the molecule is Fc1cc(Br)cnc1NCc1cnccc1C(F)(F)F. The number of pyridine rings is 2. The van der Waals surface area contributed by atoms with Crippen LogP contribution in [0.15, 0.2) is 35.2 Å². The van der Waals surface area contributed by atoms with Crippen molar-refractivity contribution < 1.29 is 17.6 Å². The number of hydrogen-bond acceptors (Lipinski definition) is 3. The summed E-state index contributed by atoms with van der Waals surface area (Å²) >= 11 is 3.04. The van der Waals surface area contributed by atoms with Crippen LogP contribution in [-0.2, 0) is 12.7 Å². The smallest absolute Gasteiger partial charge is 0.363 e. The molecule has 0 spiro atoms. The molecule has 0 amide bonds. The summed E-state index contributed by atoms with van der Waals surface area (Å²) < 4.78 is 52.2. The van der Waals surface area contributed by atoms with Crippen LogP contribution in [0, 0.1) is 5.82 Å². The largest absolute Gasteiger partial charge is 0.416 e. The predicted molar refractivity (Wildman–Crippen MR) is 68.5 cm³/mol. The molecule has 0 aromatic carbocycles. The van der Waals surface area contributed by atoms with Crippen molar-refractivity contribution in [3.05, 3.63) is 52.1 Å². The average molecular weight is 350 g/mol. The van der Waals surface area contributed by atoms with Gasteiger partial charge in [-0.25, -0.2) is 9.37 Å². The minimum Gasteiger partial charge on any atom is -0.363 e. The summed E-state index contributed by atoms with van der Waals surface area (Å²) in [5.41, 5.74) is -0.887. The zero-order valence-electron chi connectivity index (χ0n) is 9.88. The Morgan fingerprint density at radius 3 is 2.65 bits per heavy atom. The third kappa shape index (κ3) is 3.44. The Kier molecular flexibility index (Phi) is 4.22. The fourth-order valence-electron chi connectivity index (χ4n) is 1.57. The summed E-state index contributed by atoms with van der Waals surface area (Å²) in [7, 11) is 0. The fraction of sp³-hybridized carbons (Fsp3) is 0.167. The van der Waals surface area contributed by atoms with Crippen molar-refractivity contribution in [1.29, 1.82) is 0 Å². The summed E-state index contributed by atoms with van der Waals surface area (Å²) in [5.74, 6) is -0.776. The van der Waals surface area contributed by atoms with Crippen molar-refractivity contribution in [2.24, 2.45) is 0 Å². The summed E-state index contributed by atoms with van der Waals surface area (Å²) in [6.07, 6.45) is -0.984. The molecule has 0 unspecified atom stereocenters.